The Bertz CT molecular complexity index is 1160. The van der Waals surface area contributed by atoms with Crippen molar-refractivity contribution < 1.29 is 19.1 Å². The van der Waals surface area contributed by atoms with Crippen LogP contribution in [0.5, 0.6) is 5.75 Å². The molecule has 0 aromatic heterocycles. The molecule has 0 saturated carbocycles. The van der Waals surface area contributed by atoms with Crippen molar-refractivity contribution in [2.45, 2.75) is 38.1 Å². The molecule has 5 rings (SSSR count). The third kappa shape index (κ3) is 4.55. The van der Waals surface area contributed by atoms with Gasteiger partial charge in [0.1, 0.15) is 18.3 Å². The normalized spacial score (nSPS) is 19.3. The van der Waals surface area contributed by atoms with Crippen LogP contribution in [-0.4, -0.2) is 62.0 Å². The van der Waals surface area contributed by atoms with Gasteiger partial charge in [-0.2, -0.15) is 0 Å². The van der Waals surface area contributed by atoms with E-state index in [9.17, 15) is 14.4 Å². The van der Waals surface area contributed by atoms with Gasteiger partial charge in [0.2, 0.25) is 11.8 Å². The summed E-state index contributed by atoms with van der Waals surface area (Å²) in [5, 5.41) is 3.29. The maximum Gasteiger partial charge on any atom is 0.253 e. The number of anilines is 3. The number of hydrogen-bond acceptors (Lipinski definition) is 5. The minimum Gasteiger partial charge on any atom is -0.495 e. The molecule has 1 N–H and O–H groups in total. The average molecular weight is 497 g/mol. The number of carbonyl (C=O) groups excluding carboxylic acids is 3. The number of benzene rings is 2. The molecule has 8 nitrogen and oxygen atoms in total. The molecule has 9 heteroatoms. The molecule has 2 saturated heterocycles. The lowest BCUT2D eigenvalue weighted by Crippen LogP contribution is -2.56. The number of nitrogens with zero attached hydrogens (tertiary/aromatic N) is 3. The fraction of sp³-hybridized carbons (Fsp3) is 0.423. The van der Waals surface area contributed by atoms with E-state index in [4.69, 9.17) is 16.3 Å². The van der Waals surface area contributed by atoms with Crippen molar-refractivity contribution in [1.29, 1.82) is 0 Å². The van der Waals surface area contributed by atoms with Crippen LogP contribution >= 0.6 is 11.6 Å². The van der Waals surface area contributed by atoms with Gasteiger partial charge in [-0.1, -0.05) is 11.6 Å². The van der Waals surface area contributed by atoms with E-state index in [1.807, 2.05) is 17.0 Å². The third-order valence-corrected chi connectivity index (χ3v) is 7.24. The molecular weight excluding hydrogens is 468 g/mol. The summed E-state index contributed by atoms with van der Waals surface area (Å²) in [6.07, 6.45) is 4.72. The Kier molecular flexibility index (Phi) is 6.56. The van der Waals surface area contributed by atoms with E-state index in [1.165, 1.54) is 12.0 Å². The van der Waals surface area contributed by atoms with Crippen molar-refractivity contribution >= 4 is 46.4 Å². The number of ether oxygens (including phenoxy) is 1. The largest absolute Gasteiger partial charge is 0.495 e. The van der Waals surface area contributed by atoms with Crippen LogP contribution in [0.4, 0.5) is 17.1 Å². The van der Waals surface area contributed by atoms with Gasteiger partial charge in [0.25, 0.3) is 5.91 Å². The Hall–Kier alpha value is -3.26. The highest BCUT2D eigenvalue weighted by Crippen LogP contribution is 2.40. The van der Waals surface area contributed by atoms with Gasteiger partial charge in [-0.25, -0.2) is 0 Å². The first-order valence-electron chi connectivity index (χ1n) is 12.1. The van der Waals surface area contributed by atoms with Crippen LogP contribution in [0.25, 0.3) is 0 Å². The molecule has 2 aromatic rings. The number of rotatable bonds is 5. The molecule has 0 radical (unpaired) electrons. The maximum absolute atomic E-state index is 13.6. The van der Waals surface area contributed by atoms with Gasteiger partial charge in [-0.15, -0.1) is 0 Å². The summed E-state index contributed by atoms with van der Waals surface area (Å²) in [4.78, 5) is 45.3. The van der Waals surface area contributed by atoms with Crippen LogP contribution in [0.1, 0.15) is 42.5 Å². The first-order valence-corrected chi connectivity index (χ1v) is 12.5. The van der Waals surface area contributed by atoms with Crippen molar-refractivity contribution in [2.24, 2.45) is 0 Å². The van der Waals surface area contributed by atoms with Gasteiger partial charge in [0.05, 0.1) is 24.2 Å². The fourth-order valence-corrected chi connectivity index (χ4v) is 5.44. The summed E-state index contributed by atoms with van der Waals surface area (Å²) in [7, 11) is 1.51. The molecule has 0 unspecified atom stereocenters. The van der Waals surface area contributed by atoms with Gasteiger partial charge in [-0.05, 0) is 68.5 Å². The topological polar surface area (TPSA) is 82.2 Å². The van der Waals surface area contributed by atoms with Crippen molar-refractivity contribution in [3.8, 4) is 5.75 Å². The summed E-state index contributed by atoms with van der Waals surface area (Å²) in [5.41, 5.74) is 2.47. The molecule has 3 heterocycles. The van der Waals surface area contributed by atoms with Gasteiger partial charge < -0.3 is 19.9 Å². The smallest absolute Gasteiger partial charge is 0.253 e. The number of methoxy groups -OCH3 is 1. The highest BCUT2D eigenvalue weighted by Gasteiger charge is 2.40. The Morgan fingerprint density at radius 2 is 1.80 bits per heavy atom. The number of hydrogen-bond donors (Lipinski definition) is 1. The second kappa shape index (κ2) is 9.77. The molecule has 3 aliphatic heterocycles. The van der Waals surface area contributed by atoms with E-state index in [0.717, 1.165) is 57.4 Å². The molecular formula is C26H29ClN4O4. The van der Waals surface area contributed by atoms with Gasteiger partial charge in [0.15, 0.2) is 0 Å². The zero-order valence-corrected chi connectivity index (χ0v) is 20.5. The van der Waals surface area contributed by atoms with Crippen molar-refractivity contribution in [3.05, 3.63) is 47.0 Å². The lowest BCUT2D eigenvalue weighted by Gasteiger charge is -2.45. The highest BCUT2D eigenvalue weighted by molar-refractivity contribution is 6.31. The van der Waals surface area contributed by atoms with Gasteiger partial charge in [-0.3, -0.25) is 19.3 Å². The first-order chi connectivity index (χ1) is 17.0. The average Bonchev–Trinajstić information content (AvgIpc) is 3.41. The van der Waals surface area contributed by atoms with Crippen LogP contribution in [0.15, 0.2) is 36.4 Å². The second-order valence-electron chi connectivity index (χ2n) is 9.22. The number of amides is 3. The molecule has 0 spiro atoms. The van der Waals surface area contributed by atoms with E-state index < -0.39 is 0 Å². The molecule has 0 aliphatic carbocycles. The first kappa shape index (κ1) is 23.5. The van der Waals surface area contributed by atoms with E-state index in [0.29, 0.717) is 27.7 Å². The predicted octanol–water partition coefficient (Wildman–Crippen LogP) is 3.93. The summed E-state index contributed by atoms with van der Waals surface area (Å²) in [6.45, 7) is 2.10. The molecule has 3 amide bonds. The summed E-state index contributed by atoms with van der Waals surface area (Å²) < 4.78 is 5.33. The Balaban J connectivity index is 1.46. The molecule has 184 valence electrons. The van der Waals surface area contributed by atoms with E-state index in [1.54, 1.807) is 24.3 Å². The fourth-order valence-electron chi connectivity index (χ4n) is 5.27. The summed E-state index contributed by atoms with van der Waals surface area (Å²) in [5.74, 6) is -0.0433. The highest BCUT2D eigenvalue weighted by atomic mass is 35.5. The predicted molar refractivity (Wildman–Crippen MR) is 136 cm³/mol. The van der Waals surface area contributed by atoms with Crippen molar-refractivity contribution in [2.75, 3.05) is 48.4 Å². The number of piperidine rings is 1. The maximum atomic E-state index is 13.6. The van der Waals surface area contributed by atoms with E-state index in [2.05, 4.69) is 10.2 Å². The second-order valence-corrected chi connectivity index (χ2v) is 9.66. The van der Waals surface area contributed by atoms with Crippen molar-refractivity contribution in [1.82, 2.24) is 4.90 Å². The summed E-state index contributed by atoms with van der Waals surface area (Å²) in [6, 6.07) is 10.2. The molecule has 35 heavy (non-hydrogen) atoms. The van der Waals surface area contributed by atoms with E-state index in [-0.39, 0.29) is 30.3 Å². The quantitative estimate of drug-likeness (QED) is 0.678. The molecule has 1 atom stereocenters. The van der Waals surface area contributed by atoms with Gasteiger partial charge in [0, 0.05) is 30.2 Å². The Morgan fingerprint density at radius 1 is 1.03 bits per heavy atom. The minimum absolute atomic E-state index is 0.0356. The number of carbonyl (C=O) groups is 3. The molecule has 3 aliphatic rings. The zero-order chi connectivity index (χ0) is 24.5. The number of likely N-dealkylation sites (tertiary alicyclic amines) is 1. The molecule has 2 fully saturated rings. The molecule has 2 aromatic carbocycles. The van der Waals surface area contributed by atoms with Crippen LogP contribution in [0, 0.1) is 0 Å². The minimum atomic E-state index is -0.370. The van der Waals surface area contributed by atoms with E-state index >= 15 is 0 Å². The zero-order valence-electron chi connectivity index (χ0n) is 19.8. The Morgan fingerprint density at radius 3 is 2.57 bits per heavy atom. The SMILES string of the molecule is COc1ccc(Cl)cc1NC(=O)CN1C(=O)[C@@H]2CCCCN2c2ccc(C(=O)N3CCCC3)cc21. The number of fused-ring (bicyclic) bond motifs is 3. The van der Waals surface area contributed by atoms with Gasteiger partial charge >= 0.3 is 0 Å². The lowest BCUT2D eigenvalue weighted by atomic mass is 9.95. The van der Waals surface area contributed by atoms with Crippen molar-refractivity contribution in [3.63, 3.8) is 0 Å². The van der Waals surface area contributed by atoms with Crippen LogP contribution in [0.2, 0.25) is 5.02 Å². The third-order valence-electron chi connectivity index (χ3n) is 7.01. The van der Waals surface area contributed by atoms with Crippen LogP contribution < -0.4 is 19.9 Å². The Labute approximate surface area is 209 Å². The summed E-state index contributed by atoms with van der Waals surface area (Å²) >= 11 is 6.10. The lowest BCUT2D eigenvalue weighted by molar-refractivity contribution is -0.123. The van der Waals surface area contributed by atoms with Crippen LogP contribution in [0.3, 0.4) is 0 Å². The number of nitrogens with one attached hydrogen (secondary N) is 1. The standard InChI is InChI=1S/C26H29ClN4O4/c1-35-23-10-8-18(27)15-19(23)28-24(32)16-31-22-14-17(25(33)29-11-4-5-12-29)7-9-20(22)30-13-3-2-6-21(30)26(31)34/h7-10,14-15,21H,2-6,11-13,16H2,1H3,(H,28,32)/t21-/m0/s1. The van der Waals surface area contributed by atoms with Crippen LogP contribution in [-0.2, 0) is 9.59 Å². The number of halogens is 1. The monoisotopic (exact) mass is 496 g/mol. The molecule has 0 bridgehead atoms.